The van der Waals surface area contributed by atoms with E-state index in [1.807, 2.05) is 51.1 Å². The summed E-state index contributed by atoms with van der Waals surface area (Å²) in [5.41, 5.74) is 3.44. The molecule has 0 fully saturated rings. The second-order valence-electron chi connectivity index (χ2n) is 6.06. The van der Waals surface area contributed by atoms with Crippen LogP contribution >= 0.6 is 15.9 Å². The molecule has 1 amide bonds. The highest BCUT2D eigenvalue weighted by Crippen LogP contribution is 2.36. The smallest absolute Gasteiger partial charge is 0.257 e. The highest BCUT2D eigenvalue weighted by atomic mass is 79.9. The Morgan fingerprint density at radius 2 is 1.96 bits per heavy atom. The van der Waals surface area contributed by atoms with Crippen LogP contribution in [0.25, 0.3) is 11.0 Å². The van der Waals surface area contributed by atoms with Gasteiger partial charge in [0, 0.05) is 15.4 Å². The number of anilines is 1. The normalized spacial score (nSPS) is 12.4. The predicted octanol–water partition coefficient (Wildman–Crippen LogP) is 5.51. The second kappa shape index (κ2) is 7.02. The molecule has 130 valence electrons. The monoisotopic (exact) mass is 401 g/mol. The van der Waals surface area contributed by atoms with Gasteiger partial charge in [-0.05, 0) is 53.9 Å². The average Bonchev–Trinajstić information content (AvgIpc) is 2.91. The van der Waals surface area contributed by atoms with E-state index >= 15 is 0 Å². The molecule has 0 saturated heterocycles. The molecule has 0 aliphatic rings. The molecule has 0 spiro atoms. The number of amides is 1. The lowest BCUT2D eigenvalue weighted by atomic mass is 10.0. The summed E-state index contributed by atoms with van der Waals surface area (Å²) in [6.07, 6.45) is 0.0140. The number of aryl methyl sites for hydroxylation is 2. The van der Waals surface area contributed by atoms with Crippen LogP contribution in [-0.4, -0.2) is 11.0 Å². The van der Waals surface area contributed by atoms with Gasteiger partial charge in [-0.2, -0.15) is 0 Å². The van der Waals surface area contributed by atoms with E-state index in [4.69, 9.17) is 4.42 Å². The van der Waals surface area contributed by atoms with E-state index in [1.165, 1.54) is 0 Å². The number of rotatable bonds is 4. The number of para-hydroxylation sites is 1. The lowest BCUT2D eigenvalue weighted by Crippen LogP contribution is -2.14. The summed E-state index contributed by atoms with van der Waals surface area (Å²) in [5, 5.41) is 14.0. The van der Waals surface area contributed by atoms with Crippen LogP contribution in [0, 0.1) is 13.8 Å². The summed E-state index contributed by atoms with van der Waals surface area (Å²) in [5.74, 6) is 0.465. The fourth-order valence-electron chi connectivity index (χ4n) is 3.08. The van der Waals surface area contributed by atoms with Crippen LogP contribution in [0.1, 0.15) is 46.7 Å². The van der Waals surface area contributed by atoms with Crippen LogP contribution in [0.2, 0.25) is 0 Å². The van der Waals surface area contributed by atoms with Crippen LogP contribution in [-0.2, 0) is 0 Å². The lowest BCUT2D eigenvalue weighted by molar-refractivity contribution is 0.102. The number of hydrogen-bond donors (Lipinski definition) is 2. The summed E-state index contributed by atoms with van der Waals surface area (Å²) >= 11 is 3.44. The molecule has 0 aliphatic carbocycles. The van der Waals surface area contributed by atoms with E-state index < -0.39 is 6.10 Å². The summed E-state index contributed by atoms with van der Waals surface area (Å²) in [4.78, 5) is 12.7. The van der Waals surface area contributed by atoms with Crippen molar-refractivity contribution in [2.75, 3.05) is 5.32 Å². The van der Waals surface area contributed by atoms with Gasteiger partial charge in [0.25, 0.3) is 5.91 Å². The fraction of sp³-hybridized carbons (Fsp3) is 0.250. The van der Waals surface area contributed by atoms with Crippen molar-refractivity contribution in [1.29, 1.82) is 0 Å². The molecule has 2 N–H and O–H groups in total. The van der Waals surface area contributed by atoms with Gasteiger partial charge in [0.1, 0.15) is 5.76 Å². The maximum Gasteiger partial charge on any atom is 0.257 e. The van der Waals surface area contributed by atoms with Crippen molar-refractivity contribution in [1.82, 2.24) is 0 Å². The number of benzene rings is 2. The van der Waals surface area contributed by atoms with Crippen molar-refractivity contribution in [2.45, 2.75) is 33.3 Å². The van der Waals surface area contributed by atoms with E-state index in [9.17, 15) is 9.90 Å². The Kier molecular flexibility index (Phi) is 4.97. The van der Waals surface area contributed by atoms with Crippen molar-refractivity contribution in [3.8, 4) is 0 Å². The summed E-state index contributed by atoms with van der Waals surface area (Å²) in [6, 6.07) is 11.2. The van der Waals surface area contributed by atoms with E-state index in [-0.39, 0.29) is 5.91 Å². The third-order valence-corrected chi connectivity index (χ3v) is 5.02. The molecule has 0 aliphatic heterocycles. The number of nitrogens with one attached hydrogen (secondary N) is 1. The molecule has 0 radical (unpaired) electrons. The number of carbonyl (C=O) groups excluding carboxylic acids is 1. The van der Waals surface area contributed by atoms with Gasteiger partial charge in [0.05, 0.1) is 17.4 Å². The highest BCUT2D eigenvalue weighted by Gasteiger charge is 2.21. The topological polar surface area (TPSA) is 62.5 Å². The number of carbonyl (C=O) groups is 1. The van der Waals surface area contributed by atoms with Crippen LogP contribution in [0.4, 0.5) is 5.69 Å². The number of aliphatic hydroxyl groups is 1. The van der Waals surface area contributed by atoms with Crippen LogP contribution in [0.3, 0.4) is 0 Å². The summed E-state index contributed by atoms with van der Waals surface area (Å²) < 4.78 is 6.61. The minimum Gasteiger partial charge on any atom is -0.459 e. The molecular weight excluding hydrogens is 382 g/mol. The van der Waals surface area contributed by atoms with E-state index in [1.54, 1.807) is 6.07 Å². The molecule has 2 aromatic carbocycles. The van der Waals surface area contributed by atoms with Crippen molar-refractivity contribution in [3.05, 3.63) is 63.3 Å². The Hall–Kier alpha value is -2.11. The first-order valence-electron chi connectivity index (χ1n) is 8.20. The zero-order valence-electron chi connectivity index (χ0n) is 14.4. The summed E-state index contributed by atoms with van der Waals surface area (Å²) in [7, 11) is 0. The largest absolute Gasteiger partial charge is 0.459 e. The molecule has 4 nitrogen and oxygen atoms in total. The Morgan fingerprint density at radius 3 is 2.64 bits per heavy atom. The predicted molar refractivity (Wildman–Crippen MR) is 103 cm³/mol. The Balaban J connectivity index is 2.04. The first-order valence-corrected chi connectivity index (χ1v) is 8.99. The van der Waals surface area contributed by atoms with Gasteiger partial charge in [-0.15, -0.1) is 0 Å². The lowest BCUT2D eigenvalue weighted by Gasteiger charge is -2.10. The fourth-order valence-corrected chi connectivity index (χ4v) is 3.72. The molecule has 1 unspecified atom stereocenters. The highest BCUT2D eigenvalue weighted by molar-refractivity contribution is 9.10. The van der Waals surface area contributed by atoms with Gasteiger partial charge in [0.15, 0.2) is 5.58 Å². The van der Waals surface area contributed by atoms with Crippen molar-refractivity contribution >= 4 is 38.5 Å². The molecule has 3 rings (SSSR count). The Labute approximate surface area is 155 Å². The van der Waals surface area contributed by atoms with Crippen LogP contribution in [0.15, 0.2) is 45.3 Å². The quantitative estimate of drug-likeness (QED) is 0.605. The number of furan rings is 1. The van der Waals surface area contributed by atoms with Gasteiger partial charge >= 0.3 is 0 Å². The van der Waals surface area contributed by atoms with Gasteiger partial charge < -0.3 is 14.8 Å². The maximum absolute atomic E-state index is 12.7. The molecule has 25 heavy (non-hydrogen) atoms. The second-order valence-corrected chi connectivity index (χ2v) is 6.92. The minimum absolute atomic E-state index is 0.205. The molecule has 1 aromatic heterocycles. The van der Waals surface area contributed by atoms with Gasteiger partial charge in [0.2, 0.25) is 0 Å². The molecule has 1 heterocycles. The molecule has 3 aromatic rings. The first-order chi connectivity index (χ1) is 11.9. The summed E-state index contributed by atoms with van der Waals surface area (Å²) in [6.45, 7) is 5.65. The Morgan fingerprint density at radius 1 is 1.24 bits per heavy atom. The molecule has 5 heteroatoms. The minimum atomic E-state index is -0.585. The molecule has 0 bridgehead atoms. The molecular formula is C20H20BrNO3. The third-order valence-electron chi connectivity index (χ3n) is 4.36. The zero-order chi connectivity index (χ0) is 18.1. The van der Waals surface area contributed by atoms with Crippen molar-refractivity contribution in [2.24, 2.45) is 0 Å². The SMILES string of the molecule is CCC(O)c1c(C)oc2c(NC(=O)c3c(C)cccc3Br)cccc12. The number of aliphatic hydroxyl groups excluding tert-OH is 1. The van der Waals surface area contributed by atoms with Crippen LogP contribution in [0.5, 0.6) is 0 Å². The average molecular weight is 402 g/mol. The van der Waals surface area contributed by atoms with Gasteiger partial charge in [-0.25, -0.2) is 0 Å². The number of fused-ring (bicyclic) bond motifs is 1. The number of halogens is 1. The van der Waals surface area contributed by atoms with Crippen LogP contribution < -0.4 is 5.32 Å². The standard InChI is InChI=1S/C20H20BrNO3/c1-4-16(23)18-12(3)25-19-13(18)8-6-10-15(19)22-20(24)17-11(2)7-5-9-14(17)21/h5-10,16,23H,4H2,1-3H3,(H,22,24). The molecule has 1 atom stereocenters. The van der Waals surface area contributed by atoms with Crippen molar-refractivity contribution < 1.29 is 14.3 Å². The maximum atomic E-state index is 12.7. The van der Waals surface area contributed by atoms with E-state index in [2.05, 4.69) is 21.2 Å². The number of hydrogen-bond acceptors (Lipinski definition) is 3. The third kappa shape index (κ3) is 3.22. The van der Waals surface area contributed by atoms with Gasteiger partial charge in [-0.1, -0.05) is 31.2 Å². The Bertz CT molecular complexity index is 925. The van der Waals surface area contributed by atoms with E-state index in [0.717, 1.165) is 21.0 Å². The van der Waals surface area contributed by atoms with E-state index in [0.29, 0.717) is 29.0 Å². The van der Waals surface area contributed by atoms with Gasteiger partial charge in [-0.3, -0.25) is 4.79 Å². The zero-order valence-corrected chi connectivity index (χ0v) is 16.0. The first kappa shape index (κ1) is 17.7. The van der Waals surface area contributed by atoms with Crippen molar-refractivity contribution in [3.63, 3.8) is 0 Å². The molecule has 0 saturated carbocycles.